The Kier molecular flexibility index (Phi) is 10.9. The number of thioether (sulfide) groups is 1. The van der Waals surface area contributed by atoms with Crippen LogP contribution < -0.4 is 5.32 Å². The third-order valence-corrected chi connectivity index (χ3v) is 5.76. The van der Waals surface area contributed by atoms with Crippen molar-refractivity contribution >= 4 is 29.5 Å². The van der Waals surface area contributed by atoms with Crippen LogP contribution in [0.2, 0.25) is 0 Å². The maximum Gasteiger partial charge on any atom is 0.326 e. The van der Waals surface area contributed by atoms with E-state index in [1.54, 1.807) is 0 Å². The van der Waals surface area contributed by atoms with E-state index in [9.17, 15) is 14.4 Å². The molecule has 0 rings (SSSR count). The molecule has 0 bridgehead atoms. The van der Waals surface area contributed by atoms with E-state index in [4.69, 9.17) is 14.9 Å². The van der Waals surface area contributed by atoms with Gasteiger partial charge in [0.05, 0.1) is 11.4 Å². The molecule has 2 amide bonds. The minimum absolute atomic E-state index is 0.101. The average Bonchev–Trinajstić information content (AvgIpc) is 2.56. The first-order valence-corrected chi connectivity index (χ1v) is 9.94. The first kappa shape index (κ1) is 25.7. The average molecular weight is 407 g/mol. The van der Waals surface area contributed by atoms with Crippen LogP contribution in [0.25, 0.3) is 0 Å². The largest absolute Gasteiger partial charge is 0.480 e. The number of hydrogen-bond donors (Lipinski definition) is 3. The zero-order valence-corrected chi connectivity index (χ0v) is 18.0. The zero-order valence-electron chi connectivity index (χ0n) is 17.2. The molecule has 0 aliphatic heterocycles. The molecule has 158 valence electrons. The van der Waals surface area contributed by atoms with E-state index >= 15 is 0 Å². The van der Waals surface area contributed by atoms with Crippen LogP contribution in [0.4, 0.5) is 0 Å². The molecule has 0 aromatic heterocycles. The van der Waals surface area contributed by atoms with Crippen LogP contribution in [0.1, 0.15) is 53.9 Å². The van der Waals surface area contributed by atoms with Gasteiger partial charge in [0.1, 0.15) is 12.8 Å². The molecule has 0 heterocycles. The van der Waals surface area contributed by atoms with E-state index in [0.717, 1.165) is 0 Å². The number of likely N-dealkylation sites (N-methyl/N-ethyl adjacent to an activating group) is 1. The highest BCUT2D eigenvalue weighted by Gasteiger charge is 2.26. The molecule has 0 saturated heterocycles. The summed E-state index contributed by atoms with van der Waals surface area (Å²) in [7, 11) is 1.48. The molecule has 0 spiro atoms. The topological polar surface area (TPSA) is 116 Å². The fourth-order valence-corrected chi connectivity index (χ4v) is 2.97. The van der Waals surface area contributed by atoms with Gasteiger partial charge in [-0.1, -0.05) is 13.8 Å². The van der Waals surface area contributed by atoms with Crippen LogP contribution in [0.5, 0.6) is 0 Å². The van der Waals surface area contributed by atoms with Crippen molar-refractivity contribution in [1.82, 2.24) is 10.2 Å². The van der Waals surface area contributed by atoms with Crippen LogP contribution in [0.15, 0.2) is 0 Å². The fourth-order valence-electron chi connectivity index (χ4n) is 2.10. The van der Waals surface area contributed by atoms with E-state index in [-0.39, 0.29) is 35.5 Å². The minimum Gasteiger partial charge on any atom is -0.480 e. The molecule has 1 atom stereocenters. The lowest BCUT2D eigenvalue weighted by atomic mass is 10.1. The fraction of sp³-hybridized carbons (Fsp3) is 0.833. The number of carbonyl (C=O) groups is 3. The summed E-state index contributed by atoms with van der Waals surface area (Å²) in [6.45, 7) is 9.15. The number of aliphatic hydroxyl groups is 1. The normalized spacial score (nSPS) is 13.1. The van der Waals surface area contributed by atoms with Crippen molar-refractivity contribution in [2.75, 3.05) is 26.1 Å². The number of ether oxygens (including phenoxy) is 1. The Morgan fingerprint density at radius 3 is 2.30 bits per heavy atom. The van der Waals surface area contributed by atoms with E-state index < -0.39 is 17.6 Å². The van der Waals surface area contributed by atoms with Gasteiger partial charge in [0.15, 0.2) is 0 Å². The molecule has 3 N–H and O–H groups in total. The number of nitrogens with one attached hydrogen (secondary N) is 1. The monoisotopic (exact) mass is 406 g/mol. The van der Waals surface area contributed by atoms with E-state index in [2.05, 4.69) is 5.32 Å². The van der Waals surface area contributed by atoms with Gasteiger partial charge in [0.2, 0.25) is 11.8 Å². The number of aliphatic hydroxyl groups excluding tert-OH is 1. The van der Waals surface area contributed by atoms with Gasteiger partial charge in [0, 0.05) is 24.8 Å². The molecule has 1 unspecified atom stereocenters. The number of aliphatic carboxylic acids is 1. The van der Waals surface area contributed by atoms with Gasteiger partial charge in [-0.2, -0.15) is 0 Å². The van der Waals surface area contributed by atoms with E-state index in [1.165, 1.54) is 30.6 Å². The lowest BCUT2D eigenvalue weighted by Crippen LogP contribution is -2.40. The van der Waals surface area contributed by atoms with Crippen LogP contribution in [0, 0.1) is 0 Å². The van der Waals surface area contributed by atoms with Gasteiger partial charge < -0.3 is 25.2 Å². The minimum atomic E-state index is -1.04. The maximum absolute atomic E-state index is 12.1. The van der Waals surface area contributed by atoms with Crippen LogP contribution in [-0.2, 0) is 19.1 Å². The number of hydrogen-bond acceptors (Lipinski definition) is 6. The molecular weight excluding hydrogens is 372 g/mol. The number of carboxylic acids is 1. The van der Waals surface area contributed by atoms with Crippen molar-refractivity contribution in [1.29, 1.82) is 0 Å². The standard InChI is InChI=1S/C18H34N2O6S/c1-13(16(24)25)20(6)15(23)7-8-18(4,5)27-11-14(22)19-10-9-17(2,3)26-12-21/h13,21H,7-12H2,1-6H3,(H,19,22)(H,24,25). The molecule has 27 heavy (non-hydrogen) atoms. The third-order valence-electron chi connectivity index (χ3n) is 4.37. The van der Waals surface area contributed by atoms with Crippen molar-refractivity contribution in [3.05, 3.63) is 0 Å². The number of rotatable bonds is 13. The smallest absolute Gasteiger partial charge is 0.326 e. The van der Waals surface area contributed by atoms with Gasteiger partial charge in [-0.25, -0.2) is 4.79 Å². The zero-order chi connectivity index (χ0) is 21.3. The highest BCUT2D eigenvalue weighted by molar-refractivity contribution is 8.01. The van der Waals surface area contributed by atoms with Crippen LogP contribution in [-0.4, -0.2) is 75.4 Å². The molecule has 0 aromatic rings. The van der Waals surface area contributed by atoms with E-state index in [0.29, 0.717) is 19.4 Å². The lowest BCUT2D eigenvalue weighted by Gasteiger charge is -2.27. The molecule has 0 radical (unpaired) electrons. The Morgan fingerprint density at radius 1 is 1.19 bits per heavy atom. The molecule has 0 saturated carbocycles. The van der Waals surface area contributed by atoms with Crippen molar-refractivity contribution in [2.45, 2.75) is 70.3 Å². The summed E-state index contributed by atoms with van der Waals surface area (Å²) in [5.41, 5.74) is -0.506. The van der Waals surface area contributed by atoms with Gasteiger partial charge in [-0.3, -0.25) is 9.59 Å². The maximum atomic E-state index is 12.1. The summed E-state index contributed by atoms with van der Waals surface area (Å²) >= 11 is 1.45. The second kappa shape index (κ2) is 11.5. The number of nitrogens with zero attached hydrogens (tertiary/aromatic N) is 1. The van der Waals surface area contributed by atoms with E-state index in [1.807, 2.05) is 27.7 Å². The Balaban J connectivity index is 4.23. The number of carboxylic acid groups (broad SMARTS) is 1. The van der Waals surface area contributed by atoms with Gasteiger partial charge >= 0.3 is 5.97 Å². The summed E-state index contributed by atoms with van der Waals surface area (Å²) in [6.07, 6.45) is 1.34. The second-order valence-electron chi connectivity index (χ2n) is 7.70. The molecule has 0 aliphatic carbocycles. The SMILES string of the molecule is CC(C(=O)O)N(C)C(=O)CCC(C)(C)SCC(=O)NCCC(C)(C)OCO. The second-order valence-corrected chi connectivity index (χ2v) is 9.38. The summed E-state index contributed by atoms with van der Waals surface area (Å²) in [5.74, 6) is -1.10. The van der Waals surface area contributed by atoms with Gasteiger partial charge in [-0.05, 0) is 33.6 Å². The summed E-state index contributed by atoms with van der Waals surface area (Å²) in [6, 6.07) is -0.863. The third kappa shape index (κ3) is 11.2. The summed E-state index contributed by atoms with van der Waals surface area (Å²) in [5, 5.41) is 20.6. The Hall–Kier alpha value is -1.32. The number of amides is 2. The predicted octanol–water partition coefficient (Wildman–Crippen LogP) is 1.46. The van der Waals surface area contributed by atoms with Crippen molar-refractivity contribution in [2.24, 2.45) is 0 Å². The van der Waals surface area contributed by atoms with Gasteiger partial charge in [-0.15, -0.1) is 11.8 Å². The van der Waals surface area contributed by atoms with Crippen LogP contribution in [0.3, 0.4) is 0 Å². The molecular formula is C18H34N2O6S. The van der Waals surface area contributed by atoms with Crippen molar-refractivity contribution in [3.63, 3.8) is 0 Å². The lowest BCUT2D eigenvalue weighted by molar-refractivity contribution is -0.148. The molecule has 8 nitrogen and oxygen atoms in total. The quantitative estimate of drug-likeness (QED) is 0.397. The summed E-state index contributed by atoms with van der Waals surface area (Å²) < 4.78 is 4.86. The Morgan fingerprint density at radius 2 is 1.78 bits per heavy atom. The molecule has 0 aromatic carbocycles. The van der Waals surface area contributed by atoms with Crippen molar-refractivity contribution in [3.8, 4) is 0 Å². The first-order chi connectivity index (χ1) is 12.3. The molecule has 9 heteroatoms. The first-order valence-electron chi connectivity index (χ1n) is 8.95. The molecule has 0 fully saturated rings. The highest BCUT2D eigenvalue weighted by Crippen LogP contribution is 2.29. The van der Waals surface area contributed by atoms with Gasteiger partial charge in [0.25, 0.3) is 0 Å². The molecule has 0 aliphatic rings. The predicted molar refractivity (Wildman–Crippen MR) is 106 cm³/mol. The van der Waals surface area contributed by atoms with Crippen LogP contribution >= 0.6 is 11.8 Å². The number of carbonyl (C=O) groups excluding carboxylic acids is 2. The Bertz CT molecular complexity index is 510. The Labute approximate surface area is 166 Å². The highest BCUT2D eigenvalue weighted by atomic mass is 32.2. The van der Waals surface area contributed by atoms with Crippen molar-refractivity contribution < 1.29 is 29.3 Å². The summed E-state index contributed by atoms with van der Waals surface area (Å²) in [4.78, 5) is 36.3.